The normalized spacial score (nSPS) is 10.9. The number of anilines is 1. The van der Waals surface area contributed by atoms with E-state index in [1.54, 1.807) is 18.2 Å². The van der Waals surface area contributed by atoms with Gasteiger partial charge in [-0.1, -0.05) is 30.3 Å². The van der Waals surface area contributed by atoms with Crippen molar-refractivity contribution in [2.45, 2.75) is 20.5 Å². The first-order valence-electron chi connectivity index (χ1n) is 10.2. The minimum atomic E-state index is -0.459. The summed E-state index contributed by atoms with van der Waals surface area (Å²) in [6.07, 6.45) is 1.56. The van der Waals surface area contributed by atoms with Gasteiger partial charge in [-0.2, -0.15) is 5.26 Å². The maximum absolute atomic E-state index is 12.7. The molecule has 0 unspecified atom stereocenters. The molecule has 0 aliphatic carbocycles. The summed E-state index contributed by atoms with van der Waals surface area (Å²) in [7, 11) is 0. The van der Waals surface area contributed by atoms with Crippen LogP contribution < -0.4 is 14.8 Å². The van der Waals surface area contributed by atoms with Crippen molar-refractivity contribution in [2.75, 3.05) is 11.9 Å². The molecule has 0 aromatic heterocycles. The van der Waals surface area contributed by atoms with Crippen LogP contribution in [0.3, 0.4) is 0 Å². The van der Waals surface area contributed by atoms with E-state index in [1.165, 1.54) is 0 Å². The first-order valence-corrected chi connectivity index (χ1v) is 12.4. The number of benzene rings is 3. The van der Waals surface area contributed by atoms with Crippen molar-refractivity contribution in [3.05, 3.63) is 90.1 Å². The van der Waals surface area contributed by atoms with E-state index in [-0.39, 0.29) is 5.57 Å². The number of nitrogens with one attached hydrogen (secondary N) is 1. The third-order valence-electron chi connectivity index (χ3n) is 4.70. The summed E-state index contributed by atoms with van der Waals surface area (Å²) >= 11 is 4.45. The topological polar surface area (TPSA) is 71.3 Å². The lowest BCUT2D eigenvalue weighted by molar-refractivity contribution is -0.112. The Hall–Kier alpha value is -2.58. The highest BCUT2D eigenvalue weighted by Gasteiger charge is 2.15. The van der Waals surface area contributed by atoms with Gasteiger partial charge < -0.3 is 14.8 Å². The first kappa shape index (κ1) is 25.1. The van der Waals surface area contributed by atoms with Crippen molar-refractivity contribution in [1.29, 1.82) is 5.26 Å². The summed E-state index contributed by atoms with van der Waals surface area (Å²) in [5, 5.41) is 12.4. The molecule has 0 aliphatic heterocycles. The number of rotatable bonds is 8. The largest absolute Gasteiger partial charge is 0.490 e. The van der Waals surface area contributed by atoms with Crippen LogP contribution in [-0.4, -0.2) is 12.5 Å². The van der Waals surface area contributed by atoms with Gasteiger partial charge >= 0.3 is 0 Å². The molecule has 3 aromatic carbocycles. The second-order valence-electron chi connectivity index (χ2n) is 7.12. The molecule has 1 N–H and O–H groups in total. The van der Waals surface area contributed by atoms with Crippen LogP contribution in [0.15, 0.2) is 66.2 Å². The number of amides is 1. The fourth-order valence-corrected chi connectivity index (χ4v) is 4.17. The number of carbonyl (C=O) groups excluding carboxylic acids is 1. The minimum absolute atomic E-state index is 0.00376. The van der Waals surface area contributed by atoms with Gasteiger partial charge in [-0.05, 0) is 112 Å². The predicted octanol–water partition coefficient (Wildman–Crippen LogP) is 6.73. The zero-order valence-electron chi connectivity index (χ0n) is 18.2. The number of para-hydroxylation sites is 1. The number of ether oxygens (including phenoxy) is 2. The fourth-order valence-electron chi connectivity index (χ4n) is 3.03. The number of aryl methyl sites for hydroxylation is 1. The Balaban J connectivity index is 1.85. The number of nitriles is 1. The Labute approximate surface area is 221 Å². The highest BCUT2D eigenvalue weighted by Crippen LogP contribution is 2.35. The lowest BCUT2D eigenvalue weighted by Crippen LogP contribution is -2.14. The van der Waals surface area contributed by atoms with Gasteiger partial charge in [0.1, 0.15) is 18.2 Å². The van der Waals surface area contributed by atoms with Crippen LogP contribution >= 0.6 is 45.2 Å². The number of halogens is 2. The molecule has 168 valence electrons. The zero-order valence-corrected chi connectivity index (χ0v) is 22.5. The Kier molecular flexibility index (Phi) is 9.14. The summed E-state index contributed by atoms with van der Waals surface area (Å²) in [6, 6.07) is 21.2. The smallest absolute Gasteiger partial charge is 0.266 e. The zero-order chi connectivity index (χ0) is 23.8. The molecule has 1 amide bonds. The van der Waals surface area contributed by atoms with Crippen molar-refractivity contribution in [1.82, 2.24) is 0 Å². The minimum Gasteiger partial charge on any atom is -0.490 e. The maximum Gasteiger partial charge on any atom is 0.266 e. The lowest BCUT2D eigenvalue weighted by Gasteiger charge is -2.15. The molecule has 0 atom stereocenters. The molecule has 0 spiro atoms. The lowest BCUT2D eigenvalue weighted by atomic mass is 10.1. The van der Waals surface area contributed by atoms with E-state index in [2.05, 4.69) is 50.5 Å². The van der Waals surface area contributed by atoms with Crippen LogP contribution in [0, 0.1) is 25.4 Å². The summed E-state index contributed by atoms with van der Waals surface area (Å²) in [5.41, 5.74) is 3.33. The summed E-state index contributed by atoms with van der Waals surface area (Å²) < 4.78 is 13.9. The molecule has 0 heterocycles. The van der Waals surface area contributed by atoms with Gasteiger partial charge in [-0.3, -0.25) is 4.79 Å². The maximum atomic E-state index is 12.7. The average Bonchev–Trinajstić information content (AvgIpc) is 2.79. The number of nitrogens with zero attached hydrogens (tertiary/aromatic N) is 1. The van der Waals surface area contributed by atoms with Gasteiger partial charge in [0.15, 0.2) is 11.5 Å². The second kappa shape index (κ2) is 12.0. The number of hydrogen-bond acceptors (Lipinski definition) is 4. The van der Waals surface area contributed by atoms with Crippen molar-refractivity contribution >= 4 is 62.9 Å². The fraction of sp³-hybridized carbons (Fsp3) is 0.154. The van der Waals surface area contributed by atoms with Gasteiger partial charge in [0.25, 0.3) is 5.91 Å². The van der Waals surface area contributed by atoms with Crippen molar-refractivity contribution < 1.29 is 14.3 Å². The Morgan fingerprint density at radius 2 is 1.82 bits per heavy atom. The highest BCUT2D eigenvalue weighted by molar-refractivity contribution is 14.1. The monoisotopic (exact) mass is 664 g/mol. The molecule has 0 fully saturated rings. The SMILES string of the molecule is CCOc1cc(/C=C(\C#N)C(=O)Nc2ccccc2C)cc(I)c1OCc1ccc(I)cc1. The van der Waals surface area contributed by atoms with E-state index in [9.17, 15) is 10.1 Å². The van der Waals surface area contributed by atoms with Crippen LogP contribution in [0.2, 0.25) is 0 Å². The quantitative estimate of drug-likeness (QED) is 0.165. The number of hydrogen-bond donors (Lipinski definition) is 1. The average molecular weight is 664 g/mol. The van der Waals surface area contributed by atoms with Crippen LogP contribution in [0.4, 0.5) is 5.69 Å². The molecule has 0 aliphatic rings. The second-order valence-corrected chi connectivity index (χ2v) is 9.52. The van der Waals surface area contributed by atoms with Crippen molar-refractivity contribution in [2.24, 2.45) is 0 Å². The molecular formula is C26H22I2N2O3. The van der Waals surface area contributed by atoms with Gasteiger partial charge in [-0.25, -0.2) is 0 Å². The molecule has 3 aromatic rings. The molecule has 0 saturated heterocycles. The molecule has 3 rings (SSSR count). The van der Waals surface area contributed by atoms with Crippen LogP contribution in [0.5, 0.6) is 11.5 Å². The third kappa shape index (κ3) is 6.95. The summed E-state index contributed by atoms with van der Waals surface area (Å²) in [4.78, 5) is 12.7. The van der Waals surface area contributed by atoms with E-state index < -0.39 is 5.91 Å². The van der Waals surface area contributed by atoms with E-state index in [4.69, 9.17) is 9.47 Å². The predicted molar refractivity (Wildman–Crippen MR) is 147 cm³/mol. The van der Waals surface area contributed by atoms with Crippen LogP contribution in [0.1, 0.15) is 23.6 Å². The Morgan fingerprint density at radius 3 is 2.48 bits per heavy atom. The Morgan fingerprint density at radius 1 is 1.09 bits per heavy atom. The number of carbonyl (C=O) groups is 1. The highest BCUT2D eigenvalue weighted by atomic mass is 127. The van der Waals surface area contributed by atoms with Crippen LogP contribution in [-0.2, 0) is 11.4 Å². The molecule has 0 radical (unpaired) electrons. The van der Waals surface area contributed by atoms with Crippen molar-refractivity contribution in [3.8, 4) is 17.6 Å². The summed E-state index contributed by atoms with van der Waals surface area (Å²) in [6.45, 7) is 4.66. The standard InChI is InChI=1S/C26H22I2N2O3/c1-3-32-24-14-19(12-20(15-29)26(31)30-23-7-5-4-6-17(23)2)13-22(28)25(24)33-16-18-8-10-21(27)11-9-18/h4-14H,3,16H2,1-2H3,(H,30,31)/b20-12+. The first-order chi connectivity index (χ1) is 15.9. The molecular weight excluding hydrogens is 642 g/mol. The van der Waals surface area contributed by atoms with Gasteiger partial charge in [0, 0.05) is 9.26 Å². The molecule has 7 heteroatoms. The van der Waals surface area contributed by atoms with Gasteiger partial charge in [0.2, 0.25) is 0 Å². The van der Waals surface area contributed by atoms with Gasteiger partial charge in [0.05, 0.1) is 10.2 Å². The third-order valence-corrected chi connectivity index (χ3v) is 6.22. The molecule has 0 bridgehead atoms. The molecule has 33 heavy (non-hydrogen) atoms. The molecule has 0 saturated carbocycles. The van der Waals surface area contributed by atoms with Crippen molar-refractivity contribution in [3.63, 3.8) is 0 Å². The summed E-state index contributed by atoms with van der Waals surface area (Å²) in [5.74, 6) is 0.743. The van der Waals surface area contributed by atoms with Crippen LogP contribution in [0.25, 0.3) is 6.08 Å². The molecule has 5 nitrogen and oxygen atoms in total. The van der Waals surface area contributed by atoms with E-state index >= 15 is 0 Å². The Bertz CT molecular complexity index is 1220. The van der Waals surface area contributed by atoms with E-state index in [0.717, 1.165) is 18.3 Å². The van der Waals surface area contributed by atoms with Gasteiger partial charge in [-0.15, -0.1) is 0 Å². The van der Waals surface area contributed by atoms with E-state index in [0.29, 0.717) is 36.0 Å². The van der Waals surface area contributed by atoms with E-state index in [1.807, 2.05) is 68.4 Å².